The Balaban J connectivity index is 1.83. The third-order valence-electron chi connectivity index (χ3n) is 4.13. The molecule has 1 aliphatic carbocycles. The average Bonchev–Trinajstić information content (AvgIpc) is 2.56. The molecule has 0 heterocycles. The number of nitrogens with zero attached hydrogens (tertiary/aromatic N) is 1. The maximum Gasteiger partial charge on any atom is 0.257 e. The Kier molecular flexibility index (Phi) is 4.86. The molecule has 1 fully saturated rings. The molecule has 0 spiro atoms. The normalized spacial score (nSPS) is 14.4. The summed E-state index contributed by atoms with van der Waals surface area (Å²) in [6.07, 6.45) is 5.79. The smallest absolute Gasteiger partial charge is 0.257 e. The second-order valence-electron chi connectivity index (χ2n) is 6.08. The van der Waals surface area contributed by atoms with Gasteiger partial charge in [-0.2, -0.15) is 0 Å². The summed E-state index contributed by atoms with van der Waals surface area (Å²) in [6, 6.07) is 15.4. The average molecular weight is 306 g/mol. The first kappa shape index (κ1) is 15.5. The summed E-state index contributed by atoms with van der Waals surface area (Å²) in [7, 11) is 0. The number of aryl methyl sites for hydroxylation is 1. The summed E-state index contributed by atoms with van der Waals surface area (Å²) in [6.45, 7) is 2.01. The minimum atomic E-state index is -0.105. The monoisotopic (exact) mass is 306 g/mol. The molecule has 1 saturated carbocycles. The Morgan fingerprint density at radius 3 is 2.57 bits per heavy atom. The number of anilines is 1. The van der Waals surface area contributed by atoms with E-state index in [4.69, 9.17) is 4.99 Å². The molecule has 0 saturated heterocycles. The first-order chi connectivity index (χ1) is 11.2. The van der Waals surface area contributed by atoms with Gasteiger partial charge in [0.2, 0.25) is 0 Å². The number of carbonyl (C=O) groups excluding carboxylic acids is 1. The van der Waals surface area contributed by atoms with Crippen LogP contribution in [0, 0.1) is 6.92 Å². The van der Waals surface area contributed by atoms with Gasteiger partial charge in [-0.3, -0.25) is 9.79 Å². The summed E-state index contributed by atoms with van der Waals surface area (Å²) in [5, 5.41) is 2.97. The van der Waals surface area contributed by atoms with E-state index in [2.05, 4.69) is 5.32 Å². The SMILES string of the molecule is Cc1cccc(NC(=O)c2ccccc2N=C2CCCCC2)c1. The molecule has 3 nitrogen and oxygen atoms in total. The van der Waals surface area contributed by atoms with Crippen molar-refractivity contribution in [3.8, 4) is 0 Å². The lowest BCUT2D eigenvalue weighted by Gasteiger charge is -2.13. The van der Waals surface area contributed by atoms with Gasteiger partial charge in [0.1, 0.15) is 0 Å². The van der Waals surface area contributed by atoms with Gasteiger partial charge < -0.3 is 5.32 Å². The minimum absolute atomic E-state index is 0.105. The fourth-order valence-electron chi connectivity index (χ4n) is 2.93. The molecule has 3 rings (SSSR count). The standard InChI is InChI=1S/C20H22N2O/c1-15-8-7-11-17(14-15)22-20(23)18-12-5-6-13-19(18)21-16-9-3-2-4-10-16/h5-8,11-14H,2-4,9-10H2,1H3,(H,22,23). The largest absolute Gasteiger partial charge is 0.322 e. The van der Waals surface area contributed by atoms with Crippen LogP contribution in [0.2, 0.25) is 0 Å². The first-order valence-electron chi connectivity index (χ1n) is 8.26. The quantitative estimate of drug-likeness (QED) is 0.823. The second-order valence-corrected chi connectivity index (χ2v) is 6.08. The van der Waals surface area contributed by atoms with Crippen LogP contribution >= 0.6 is 0 Å². The predicted octanol–water partition coefficient (Wildman–Crippen LogP) is 5.28. The van der Waals surface area contributed by atoms with Gasteiger partial charge in [-0.05, 0) is 62.4 Å². The van der Waals surface area contributed by atoms with Crippen molar-refractivity contribution in [3.63, 3.8) is 0 Å². The number of hydrogen-bond donors (Lipinski definition) is 1. The van der Waals surface area contributed by atoms with Gasteiger partial charge in [0, 0.05) is 11.4 Å². The van der Waals surface area contributed by atoms with Gasteiger partial charge >= 0.3 is 0 Å². The Morgan fingerprint density at radius 2 is 1.78 bits per heavy atom. The highest BCUT2D eigenvalue weighted by Gasteiger charge is 2.13. The molecule has 118 valence electrons. The number of para-hydroxylation sites is 1. The highest BCUT2D eigenvalue weighted by Crippen LogP contribution is 2.24. The maximum atomic E-state index is 12.6. The van der Waals surface area contributed by atoms with Gasteiger partial charge in [0.25, 0.3) is 5.91 Å². The van der Waals surface area contributed by atoms with Crippen molar-refractivity contribution >= 4 is 23.0 Å². The van der Waals surface area contributed by atoms with Crippen molar-refractivity contribution in [2.24, 2.45) is 4.99 Å². The van der Waals surface area contributed by atoms with Crippen molar-refractivity contribution in [3.05, 3.63) is 59.7 Å². The number of aliphatic imine (C=N–C) groups is 1. The van der Waals surface area contributed by atoms with Crippen molar-refractivity contribution in [2.45, 2.75) is 39.0 Å². The summed E-state index contributed by atoms with van der Waals surface area (Å²) in [5.74, 6) is -0.105. The second kappa shape index (κ2) is 7.23. The molecule has 2 aromatic carbocycles. The maximum absolute atomic E-state index is 12.6. The van der Waals surface area contributed by atoms with Crippen LogP contribution in [0.5, 0.6) is 0 Å². The minimum Gasteiger partial charge on any atom is -0.322 e. The number of amides is 1. The van der Waals surface area contributed by atoms with Crippen LogP contribution in [-0.4, -0.2) is 11.6 Å². The van der Waals surface area contributed by atoms with E-state index in [9.17, 15) is 4.79 Å². The summed E-state index contributed by atoms with van der Waals surface area (Å²) in [4.78, 5) is 17.4. The third-order valence-corrected chi connectivity index (χ3v) is 4.13. The zero-order valence-corrected chi connectivity index (χ0v) is 13.5. The van der Waals surface area contributed by atoms with Crippen LogP contribution in [0.1, 0.15) is 48.0 Å². The van der Waals surface area contributed by atoms with Crippen LogP contribution in [-0.2, 0) is 0 Å². The van der Waals surface area contributed by atoms with Crippen LogP contribution in [0.3, 0.4) is 0 Å². The molecule has 3 heteroatoms. The molecule has 1 aliphatic rings. The van der Waals surface area contributed by atoms with Crippen molar-refractivity contribution in [1.82, 2.24) is 0 Å². The molecule has 2 aromatic rings. The van der Waals surface area contributed by atoms with E-state index in [0.717, 1.165) is 29.8 Å². The fourth-order valence-corrected chi connectivity index (χ4v) is 2.93. The number of rotatable bonds is 3. The molecule has 0 unspecified atom stereocenters. The van der Waals surface area contributed by atoms with E-state index >= 15 is 0 Å². The van der Waals surface area contributed by atoms with Crippen LogP contribution in [0.4, 0.5) is 11.4 Å². The highest BCUT2D eigenvalue weighted by atomic mass is 16.1. The van der Waals surface area contributed by atoms with E-state index in [-0.39, 0.29) is 5.91 Å². The van der Waals surface area contributed by atoms with E-state index in [1.165, 1.54) is 25.0 Å². The van der Waals surface area contributed by atoms with Gasteiger partial charge in [0.05, 0.1) is 11.3 Å². The lowest BCUT2D eigenvalue weighted by Crippen LogP contribution is -2.12. The predicted molar refractivity (Wildman–Crippen MR) is 95.8 cm³/mol. The number of hydrogen-bond acceptors (Lipinski definition) is 2. The molecule has 23 heavy (non-hydrogen) atoms. The Morgan fingerprint density at radius 1 is 1.00 bits per heavy atom. The van der Waals surface area contributed by atoms with Gasteiger partial charge in [0.15, 0.2) is 0 Å². The molecule has 1 N–H and O–H groups in total. The molecule has 0 bridgehead atoms. The lowest BCUT2D eigenvalue weighted by atomic mass is 9.98. The van der Waals surface area contributed by atoms with E-state index in [1.54, 1.807) is 0 Å². The topological polar surface area (TPSA) is 41.5 Å². The molecule has 0 atom stereocenters. The number of carbonyl (C=O) groups is 1. The van der Waals surface area contributed by atoms with Crippen LogP contribution in [0.25, 0.3) is 0 Å². The number of nitrogens with one attached hydrogen (secondary N) is 1. The molecule has 1 amide bonds. The van der Waals surface area contributed by atoms with Gasteiger partial charge in [-0.15, -0.1) is 0 Å². The lowest BCUT2D eigenvalue weighted by molar-refractivity contribution is 0.102. The Hall–Kier alpha value is -2.42. The molecule has 0 radical (unpaired) electrons. The van der Waals surface area contributed by atoms with E-state index in [0.29, 0.717) is 5.56 Å². The molecule has 0 aliphatic heterocycles. The zero-order chi connectivity index (χ0) is 16.1. The van der Waals surface area contributed by atoms with E-state index < -0.39 is 0 Å². The summed E-state index contributed by atoms with van der Waals surface area (Å²) >= 11 is 0. The Labute approximate surface area is 137 Å². The van der Waals surface area contributed by atoms with E-state index in [1.807, 2.05) is 55.5 Å². The summed E-state index contributed by atoms with van der Waals surface area (Å²) in [5.41, 5.74) is 4.56. The first-order valence-corrected chi connectivity index (χ1v) is 8.26. The molecular weight excluding hydrogens is 284 g/mol. The van der Waals surface area contributed by atoms with Crippen molar-refractivity contribution < 1.29 is 4.79 Å². The Bertz CT molecular complexity index is 726. The fraction of sp³-hybridized carbons (Fsp3) is 0.300. The molecule has 0 aromatic heterocycles. The molecular formula is C20H22N2O. The van der Waals surface area contributed by atoms with Crippen molar-refractivity contribution in [2.75, 3.05) is 5.32 Å². The van der Waals surface area contributed by atoms with Crippen LogP contribution < -0.4 is 5.32 Å². The summed E-state index contributed by atoms with van der Waals surface area (Å²) < 4.78 is 0. The van der Waals surface area contributed by atoms with Gasteiger partial charge in [-0.25, -0.2) is 0 Å². The zero-order valence-electron chi connectivity index (χ0n) is 13.5. The third kappa shape index (κ3) is 4.07. The number of benzene rings is 2. The highest BCUT2D eigenvalue weighted by molar-refractivity contribution is 6.08. The van der Waals surface area contributed by atoms with Crippen LogP contribution in [0.15, 0.2) is 53.5 Å². The van der Waals surface area contributed by atoms with Crippen molar-refractivity contribution in [1.29, 1.82) is 0 Å². The van der Waals surface area contributed by atoms with Gasteiger partial charge in [-0.1, -0.05) is 30.7 Å².